The molecule has 0 saturated carbocycles. The molecule has 1 aliphatic rings. The molecule has 0 spiro atoms. The summed E-state index contributed by atoms with van der Waals surface area (Å²) in [5, 5.41) is 25.4. The first-order chi connectivity index (χ1) is 24.3. The molecular formula is C39H43N3O7S. The van der Waals surface area contributed by atoms with Gasteiger partial charge < -0.3 is 30.3 Å². The van der Waals surface area contributed by atoms with E-state index in [0.717, 1.165) is 52.6 Å². The molecule has 0 unspecified atom stereocenters. The Morgan fingerprint density at radius 1 is 0.880 bits per heavy atom. The van der Waals surface area contributed by atoms with Gasteiger partial charge in [-0.15, -0.1) is 11.8 Å². The number of pyridine rings is 1. The minimum Gasteiger partial charge on any atom is -0.478 e. The first-order valence-electron chi connectivity index (χ1n) is 16.8. The average Bonchev–Trinajstić information content (AvgIpc) is 3.14. The summed E-state index contributed by atoms with van der Waals surface area (Å²) in [5.41, 5.74) is 5.78. The number of nitrogens with zero attached hydrogens (tertiary/aromatic N) is 1. The molecule has 0 bridgehead atoms. The predicted octanol–water partition coefficient (Wildman–Crippen LogP) is 6.59. The minimum atomic E-state index is -1.02. The smallest absolute Gasteiger partial charge is 0.338 e. The van der Waals surface area contributed by atoms with Crippen molar-refractivity contribution in [1.82, 2.24) is 15.6 Å². The largest absolute Gasteiger partial charge is 0.478 e. The van der Waals surface area contributed by atoms with Crippen molar-refractivity contribution in [2.45, 2.75) is 75.7 Å². The summed E-state index contributed by atoms with van der Waals surface area (Å²) in [4.78, 5) is 39.6. The fourth-order valence-corrected chi connectivity index (χ4v) is 6.78. The Balaban J connectivity index is 1.25. The van der Waals surface area contributed by atoms with Gasteiger partial charge in [0.05, 0.1) is 24.4 Å². The molecule has 2 amide bonds. The van der Waals surface area contributed by atoms with Gasteiger partial charge in [0.1, 0.15) is 5.03 Å². The van der Waals surface area contributed by atoms with Gasteiger partial charge in [0.25, 0.3) is 0 Å². The molecule has 0 aliphatic carbocycles. The van der Waals surface area contributed by atoms with Crippen LogP contribution in [0.5, 0.6) is 0 Å². The van der Waals surface area contributed by atoms with Crippen LogP contribution in [-0.4, -0.2) is 51.4 Å². The van der Waals surface area contributed by atoms with Crippen LogP contribution in [0.1, 0.15) is 84.0 Å². The van der Waals surface area contributed by atoms with Gasteiger partial charge >= 0.3 is 5.97 Å². The molecule has 1 aliphatic heterocycles. The van der Waals surface area contributed by atoms with Crippen LogP contribution < -0.4 is 10.6 Å². The highest BCUT2D eigenvalue weighted by atomic mass is 32.2. The van der Waals surface area contributed by atoms with Gasteiger partial charge in [0, 0.05) is 50.4 Å². The number of carboxylic acid groups (broad SMARTS) is 1. The third kappa shape index (κ3) is 10.5. The van der Waals surface area contributed by atoms with Gasteiger partial charge in [-0.3, -0.25) is 9.59 Å². The monoisotopic (exact) mass is 697 g/mol. The molecule has 4 N–H and O–H groups in total. The normalized spacial score (nSPS) is 17.2. The second-order valence-corrected chi connectivity index (χ2v) is 13.2. The van der Waals surface area contributed by atoms with E-state index < -0.39 is 12.3 Å². The first kappa shape index (κ1) is 36.7. The summed E-state index contributed by atoms with van der Waals surface area (Å²) in [6.07, 6.45) is 3.86. The van der Waals surface area contributed by atoms with Crippen LogP contribution in [0.4, 0.5) is 0 Å². The second-order valence-electron chi connectivity index (χ2n) is 12.2. The maximum absolute atomic E-state index is 12.5. The topological polar surface area (TPSA) is 147 Å². The minimum absolute atomic E-state index is 0.00299. The molecule has 50 heavy (non-hydrogen) atoms. The van der Waals surface area contributed by atoms with E-state index in [0.29, 0.717) is 36.7 Å². The molecule has 5 rings (SSSR count). The van der Waals surface area contributed by atoms with E-state index in [4.69, 9.17) is 9.47 Å². The number of unbranched alkanes of at least 4 members (excludes halogenated alkanes) is 2. The molecule has 3 aromatic carbocycles. The number of carboxylic acids is 1. The van der Waals surface area contributed by atoms with Crippen molar-refractivity contribution in [2.75, 3.05) is 12.3 Å². The number of hydrogen-bond acceptors (Lipinski definition) is 8. The van der Waals surface area contributed by atoms with Crippen LogP contribution in [0.2, 0.25) is 0 Å². The van der Waals surface area contributed by atoms with E-state index in [2.05, 4.69) is 15.6 Å². The maximum atomic E-state index is 12.5. The lowest BCUT2D eigenvalue weighted by molar-refractivity contribution is -0.245. The Morgan fingerprint density at radius 3 is 2.38 bits per heavy atom. The second kappa shape index (κ2) is 18.4. The summed E-state index contributed by atoms with van der Waals surface area (Å²) in [7, 11) is 0. The van der Waals surface area contributed by atoms with Gasteiger partial charge in [-0.1, -0.05) is 79.2 Å². The van der Waals surface area contributed by atoms with Crippen molar-refractivity contribution >= 4 is 29.5 Å². The number of hydrogen-bond donors (Lipinski definition) is 4. The molecular weight excluding hydrogens is 655 g/mol. The number of aliphatic hydroxyl groups excluding tert-OH is 1. The van der Waals surface area contributed by atoms with E-state index in [1.54, 1.807) is 18.3 Å². The maximum Gasteiger partial charge on any atom is 0.338 e. The average molecular weight is 698 g/mol. The Bertz CT molecular complexity index is 1730. The van der Waals surface area contributed by atoms with Crippen molar-refractivity contribution in [1.29, 1.82) is 0 Å². The van der Waals surface area contributed by atoms with Crippen LogP contribution in [0.25, 0.3) is 11.1 Å². The molecule has 1 fully saturated rings. The predicted molar refractivity (Wildman–Crippen MR) is 191 cm³/mol. The standard InChI is InChI=1S/C39H43N3O7S/c1-26(44)40-20-6-2-3-11-36(45)42-23-31-8-4-5-9-33(31)28-16-18-30(19-17-28)39-48-32(25-50-37-34(38(46)47)10-7-21-41-37)22-35(49-39)29-14-12-27(24-43)13-15-29/h4-5,7-10,12-19,21,32,35,39,43H,2-3,6,11,20,22-25H2,1H3,(H,40,44)(H,42,45)(H,46,47)/t32-,35+,39+/m0/s1. The third-order valence-corrected chi connectivity index (χ3v) is 9.60. The number of amides is 2. The van der Waals surface area contributed by atoms with Gasteiger partial charge in [0.2, 0.25) is 11.8 Å². The highest BCUT2D eigenvalue weighted by molar-refractivity contribution is 7.99. The first-order valence-corrected chi connectivity index (χ1v) is 17.8. The van der Waals surface area contributed by atoms with E-state index in [1.807, 2.05) is 72.8 Å². The third-order valence-electron chi connectivity index (χ3n) is 8.46. The highest BCUT2D eigenvalue weighted by Gasteiger charge is 2.32. The van der Waals surface area contributed by atoms with Crippen LogP contribution in [-0.2, 0) is 32.2 Å². The van der Waals surface area contributed by atoms with Gasteiger partial charge in [-0.25, -0.2) is 9.78 Å². The number of thioether (sulfide) groups is 1. The van der Waals surface area contributed by atoms with E-state index in [9.17, 15) is 24.6 Å². The Hall–Kier alpha value is -4.55. The summed E-state index contributed by atoms with van der Waals surface area (Å²) < 4.78 is 13.0. The number of aliphatic hydroxyl groups is 1. The van der Waals surface area contributed by atoms with Gasteiger partial charge in [-0.2, -0.15) is 0 Å². The fourth-order valence-electron chi connectivity index (χ4n) is 5.77. The summed E-state index contributed by atoms with van der Waals surface area (Å²) in [6, 6.07) is 26.8. The lowest BCUT2D eigenvalue weighted by Crippen LogP contribution is -2.31. The van der Waals surface area contributed by atoms with Crippen molar-refractivity contribution in [3.05, 3.63) is 119 Å². The van der Waals surface area contributed by atoms with Crippen molar-refractivity contribution in [3.63, 3.8) is 0 Å². The highest BCUT2D eigenvalue weighted by Crippen LogP contribution is 2.40. The molecule has 1 aromatic heterocycles. The Kier molecular flexibility index (Phi) is 13.5. The number of aromatic nitrogens is 1. The SMILES string of the molecule is CC(=O)NCCCCCC(=O)NCc1ccccc1-c1ccc([C@@H]2O[C@H](CSc3ncccc3C(=O)O)C[C@H](c3ccc(CO)cc3)O2)cc1. The molecule has 11 heteroatoms. The van der Waals surface area contributed by atoms with Crippen molar-refractivity contribution < 1.29 is 34.1 Å². The zero-order valence-corrected chi connectivity index (χ0v) is 28.9. The molecule has 0 radical (unpaired) electrons. The molecule has 2 heterocycles. The Labute approximate surface area is 296 Å². The quantitative estimate of drug-likeness (QED) is 0.0752. The molecule has 262 valence electrons. The zero-order valence-electron chi connectivity index (χ0n) is 28.0. The van der Waals surface area contributed by atoms with Crippen LogP contribution in [0.15, 0.2) is 96.2 Å². The van der Waals surface area contributed by atoms with Crippen LogP contribution in [0, 0.1) is 0 Å². The molecule has 10 nitrogen and oxygen atoms in total. The van der Waals surface area contributed by atoms with E-state index in [1.165, 1.54) is 18.7 Å². The number of carbonyl (C=O) groups is 3. The summed E-state index contributed by atoms with van der Waals surface area (Å²) in [5.74, 6) is -0.585. The molecule has 4 aromatic rings. The van der Waals surface area contributed by atoms with E-state index >= 15 is 0 Å². The van der Waals surface area contributed by atoms with E-state index in [-0.39, 0.29) is 36.2 Å². The number of benzene rings is 3. The zero-order chi connectivity index (χ0) is 35.3. The van der Waals surface area contributed by atoms with Gasteiger partial charge in [-0.05, 0) is 52.8 Å². The summed E-state index contributed by atoms with van der Waals surface area (Å²) in [6.45, 7) is 2.49. The summed E-state index contributed by atoms with van der Waals surface area (Å²) >= 11 is 1.35. The Morgan fingerprint density at radius 2 is 1.64 bits per heavy atom. The number of aromatic carboxylic acids is 1. The lowest BCUT2D eigenvalue weighted by atomic mass is 9.97. The number of nitrogens with one attached hydrogen (secondary N) is 2. The molecule has 3 atom stereocenters. The number of ether oxygens (including phenoxy) is 2. The number of rotatable bonds is 16. The molecule has 1 saturated heterocycles. The van der Waals surface area contributed by atoms with Crippen molar-refractivity contribution in [3.8, 4) is 11.1 Å². The van der Waals surface area contributed by atoms with Crippen molar-refractivity contribution in [2.24, 2.45) is 0 Å². The van der Waals surface area contributed by atoms with Crippen LogP contribution in [0.3, 0.4) is 0 Å². The van der Waals surface area contributed by atoms with Gasteiger partial charge in [0.15, 0.2) is 6.29 Å². The fraction of sp³-hybridized carbons (Fsp3) is 0.333. The number of carbonyl (C=O) groups excluding carboxylic acids is 2. The lowest BCUT2D eigenvalue weighted by Gasteiger charge is -2.36. The van der Waals surface area contributed by atoms with Crippen LogP contribution >= 0.6 is 11.8 Å².